The van der Waals surface area contributed by atoms with Crippen LogP contribution < -0.4 is 5.73 Å². The molecule has 0 saturated heterocycles. The van der Waals surface area contributed by atoms with Crippen molar-refractivity contribution in [3.05, 3.63) is 23.4 Å². The summed E-state index contributed by atoms with van der Waals surface area (Å²) in [5, 5.41) is 8.71. The van der Waals surface area contributed by atoms with Gasteiger partial charge in [-0.2, -0.15) is 5.26 Å². The van der Waals surface area contributed by atoms with E-state index in [1.807, 2.05) is 6.07 Å². The second-order valence-corrected chi connectivity index (χ2v) is 2.61. The van der Waals surface area contributed by atoms with Gasteiger partial charge in [0.1, 0.15) is 17.6 Å². The quantitative estimate of drug-likeness (QED) is 0.677. The molecule has 1 rings (SSSR count). The molecule has 1 aromatic rings. The lowest BCUT2D eigenvalue weighted by Gasteiger charge is -2.02. The summed E-state index contributed by atoms with van der Waals surface area (Å²) in [4.78, 5) is 14.7. The topological polar surface area (TPSA) is 89.0 Å². The van der Waals surface area contributed by atoms with Crippen molar-refractivity contribution in [3.8, 4) is 6.07 Å². The Morgan fingerprint density at radius 2 is 2.43 bits per heavy atom. The number of anilines is 1. The van der Waals surface area contributed by atoms with Gasteiger partial charge in [-0.3, -0.25) is 4.79 Å². The molecule has 0 atom stereocenters. The van der Waals surface area contributed by atoms with E-state index in [1.165, 1.54) is 7.11 Å². The minimum atomic E-state index is -0.409. The maximum atomic E-state index is 10.9. The van der Waals surface area contributed by atoms with Gasteiger partial charge < -0.3 is 10.5 Å². The Hall–Kier alpha value is -2.09. The molecule has 2 N–H and O–H groups in total. The minimum Gasteiger partial charge on any atom is -0.469 e. The van der Waals surface area contributed by atoms with Crippen molar-refractivity contribution in [2.24, 2.45) is 0 Å². The summed E-state index contributed by atoms with van der Waals surface area (Å²) in [6.45, 7) is 0. The Kier molecular flexibility index (Phi) is 3.02. The van der Waals surface area contributed by atoms with Gasteiger partial charge in [-0.1, -0.05) is 6.07 Å². The van der Waals surface area contributed by atoms with Crippen LogP contribution in [0, 0.1) is 11.3 Å². The van der Waals surface area contributed by atoms with Crippen LogP contribution in [-0.2, 0) is 16.0 Å². The fourth-order valence-corrected chi connectivity index (χ4v) is 0.970. The first-order valence-corrected chi connectivity index (χ1v) is 3.89. The lowest BCUT2D eigenvalue weighted by molar-refractivity contribution is -0.139. The van der Waals surface area contributed by atoms with Gasteiger partial charge in [0, 0.05) is 0 Å². The van der Waals surface area contributed by atoms with Crippen LogP contribution in [0.1, 0.15) is 11.3 Å². The van der Waals surface area contributed by atoms with Crippen LogP contribution in [0.25, 0.3) is 0 Å². The summed E-state index contributed by atoms with van der Waals surface area (Å²) in [5.41, 5.74) is 6.07. The third-order valence-corrected chi connectivity index (χ3v) is 1.67. The van der Waals surface area contributed by atoms with E-state index in [4.69, 9.17) is 11.0 Å². The zero-order chi connectivity index (χ0) is 10.6. The number of nitrogens with zero attached hydrogens (tertiary/aromatic N) is 2. The number of esters is 1. The summed E-state index contributed by atoms with van der Waals surface area (Å²) in [6.07, 6.45) is 0.0344. The summed E-state index contributed by atoms with van der Waals surface area (Å²) in [7, 11) is 1.29. The SMILES string of the molecule is COC(=O)Cc1ccc(N)nc1C#N. The summed E-state index contributed by atoms with van der Waals surface area (Å²) >= 11 is 0. The number of carbonyl (C=O) groups is 1. The van der Waals surface area contributed by atoms with E-state index in [0.29, 0.717) is 5.56 Å². The number of rotatable bonds is 2. The zero-order valence-corrected chi connectivity index (χ0v) is 7.65. The van der Waals surface area contributed by atoms with Crippen molar-refractivity contribution in [1.29, 1.82) is 5.26 Å². The van der Waals surface area contributed by atoms with Crippen LogP contribution in [-0.4, -0.2) is 18.1 Å². The molecule has 1 heterocycles. The molecule has 0 aromatic carbocycles. The summed E-state index contributed by atoms with van der Waals surface area (Å²) in [5.74, 6) is -0.150. The first-order chi connectivity index (χ1) is 6.67. The largest absolute Gasteiger partial charge is 0.469 e. The molecule has 0 aliphatic carbocycles. The van der Waals surface area contributed by atoms with Crippen molar-refractivity contribution >= 4 is 11.8 Å². The fraction of sp³-hybridized carbons (Fsp3) is 0.222. The molecular weight excluding hydrogens is 182 g/mol. The molecule has 0 spiro atoms. The molecule has 0 saturated carbocycles. The highest BCUT2D eigenvalue weighted by atomic mass is 16.5. The summed E-state index contributed by atoms with van der Waals surface area (Å²) in [6, 6.07) is 5.00. The first kappa shape index (κ1) is 9.99. The smallest absolute Gasteiger partial charge is 0.310 e. The Morgan fingerprint density at radius 1 is 1.71 bits per heavy atom. The number of pyridine rings is 1. The van der Waals surface area contributed by atoms with E-state index in [1.54, 1.807) is 12.1 Å². The average Bonchev–Trinajstić information content (AvgIpc) is 2.20. The number of aromatic nitrogens is 1. The molecule has 0 aliphatic rings. The van der Waals surface area contributed by atoms with Crippen LogP contribution in [0.4, 0.5) is 5.82 Å². The van der Waals surface area contributed by atoms with Crippen LogP contribution in [0.3, 0.4) is 0 Å². The van der Waals surface area contributed by atoms with Crippen LogP contribution >= 0.6 is 0 Å². The number of nitriles is 1. The number of ether oxygens (including phenoxy) is 1. The number of hydrogen-bond donors (Lipinski definition) is 1. The molecule has 72 valence electrons. The third kappa shape index (κ3) is 2.20. The van der Waals surface area contributed by atoms with Gasteiger partial charge in [-0.05, 0) is 11.6 Å². The molecule has 14 heavy (non-hydrogen) atoms. The molecule has 0 aliphatic heterocycles. The molecule has 0 unspecified atom stereocenters. The van der Waals surface area contributed by atoms with E-state index in [2.05, 4.69) is 9.72 Å². The standard InChI is InChI=1S/C9H9N3O2/c1-14-9(13)4-6-2-3-8(11)12-7(6)5-10/h2-3H,4H2,1H3,(H2,11,12). The molecule has 0 amide bonds. The van der Waals surface area contributed by atoms with Gasteiger partial charge in [-0.15, -0.1) is 0 Å². The Morgan fingerprint density at radius 3 is 3.00 bits per heavy atom. The Bertz CT molecular complexity index is 396. The van der Waals surface area contributed by atoms with Crippen LogP contribution in [0.15, 0.2) is 12.1 Å². The second-order valence-electron chi connectivity index (χ2n) is 2.61. The van der Waals surface area contributed by atoms with Crippen molar-refractivity contribution in [3.63, 3.8) is 0 Å². The van der Waals surface area contributed by atoms with Crippen molar-refractivity contribution in [2.45, 2.75) is 6.42 Å². The van der Waals surface area contributed by atoms with Gasteiger partial charge in [0.2, 0.25) is 0 Å². The maximum absolute atomic E-state index is 10.9. The van der Waals surface area contributed by atoms with Crippen molar-refractivity contribution in [2.75, 3.05) is 12.8 Å². The molecule has 0 radical (unpaired) electrons. The number of nitrogen functional groups attached to an aromatic ring is 1. The Balaban J connectivity index is 2.98. The van der Waals surface area contributed by atoms with E-state index < -0.39 is 5.97 Å². The number of carbonyl (C=O) groups excluding carboxylic acids is 1. The normalized spacial score (nSPS) is 9.14. The van der Waals surface area contributed by atoms with Crippen LogP contribution in [0.2, 0.25) is 0 Å². The van der Waals surface area contributed by atoms with Crippen molar-refractivity contribution in [1.82, 2.24) is 4.98 Å². The highest BCUT2D eigenvalue weighted by Crippen LogP contribution is 2.09. The van der Waals surface area contributed by atoms with Crippen molar-refractivity contribution < 1.29 is 9.53 Å². The fourth-order valence-electron chi connectivity index (χ4n) is 0.970. The minimum absolute atomic E-state index is 0.0344. The number of hydrogen-bond acceptors (Lipinski definition) is 5. The molecule has 0 fully saturated rings. The number of methoxy groups -OCH3 is 1. The van der Waals surface area contributed by atoms with Gasteiger partial charge in [0.15, 0.2) is 0 Å². The van der Waals surface area contributed by atoms with Crippen LogP contribution in [0.5, 0.6) is 0 Å². The highest BCUT2D eigenvalue weighted by Gasteiger charge is 2.09. The average molecular weight is 191 g/mol. The van der Waals surface area contributed by atoms with Gasteiger partial charge >= 0.3 is 5.97 Å². The highest BCUT2D eigenvalue weighted by molar-refractivity contribution is 5.73. The molecule has 5 nitrogen and oxygen atoms in total. The first-order valence-electron chi connectivity index (χ1n) is 3.89. The number of nitrogens with two attached hydrogens (primary N) is 1. The van der Waals surface area contributed by atoms with Gasteiger partial charge in [-0.25, -0.2) is 4.98 Å². The molecule has 5 heteroatoms. The predicted octanol–water partition coefficient (Wildman–Crippen LogP) is 0.251. The maximum Gasteiger partial charge on any atom is 0.310 e. The zero-order valence-electron chi connectivity index (χ0n) is 7.65. The van der Waals surface area contributed by atoms with E-state index in [-0.39, 0.29) is 17.9 Å². The Labute approximate surface area is 81.1 Å². The monoisotopic (exact) mass is 191 g/mol. The molecular formula is C9H9N3O2. The van der Waals surface area contributed by atoms with E-state index in [0.717, 1.165) is 0 Å². The predicted molar refractivity (Wildman–Crippen MR) is 49.1 cm³/mol. The van der Waals surface area contributed by atoms with Gasteiger partial charge in [0.05, 0.1) is 13.5 Å². The lowest BCUT2D eigenvalue weighted by atomic mass is 10.1. The van der Waals surface area contributed by atoms with E-state index in [9.17, 15) is 4.79 Å². The van der Waals surface area contributed by atoms with E-state index >= 15 is 0 Å². The van der Waals surface area contributed by atoms with Gasteiger partial charge in [0.25, 0.3) is 0 Å². The second kappa shape index (κ2) is 4.23. The summed E-state index contributed by atoms with van der Waals surface area (Å²) < 4.78 is 4.48. The third-order valence-electron chi connectivity index (χ3n) is 1.67. The lowest BCUT2D eigenvalue weighted by Crippen LogP contribution is -2.07. The molecule has 1 aromatic heterocycles. The molecule has 0 bridgehead atoms.